The molecule has 0 spiro atoms. The Morgan fingerprint density at radius 3 is 2.72 bits per heavy atom. The smallest absolute Gasteiger partial charge is 0.315 e. The Hall–Kier alpha value is -1.26. The maximum atomic E-state index is 11.5. The number of nitrogens with one attached hydrogen (secondary N) is 2. The van der Waals surface area contributed by atoms with Crippen molar-refractivity contribution in [3.8, 4) is 0 Å². The van der Waals surface area contributed by atoms with Crippen LogP contribution < -0.4 is 10.6 Å². The van der Waals surface area contributed by atoms with E-state index in [1.165, 1.54) is 19.3 Å². The van der Waals surface area contributed by atoms with E-state index in [2.05, 4.69) is 17.6 Å². The zero-order chi connectivity index (χ0) is 13.5. The summed E-state index contributed by atoms with van der Waals surface area (Å²) >= 11 is 0. The van der Waals surface area contributed by atoms with Gasteiger partial charge in [0.2, 0.25) is 0 Å². The predicted molar refractivity (Wildman–Crippen MR) is 69.4 cm³/mol. The van der Waals surface area contributed by atoms with Gasteiger partial charge >= 0.3 is 12.0 Å². The Labute approximate surface area is 108 Å². The van der Waals surface area contributed by atoms with Gasteiger partial charge in [0, 0.05) is 12.6 Å². The van der Waals surface area contributed by atoms with Crippen molar-refractivity contribution >= 4 is 12.0 Å². The third-order valence-corrected chi connectivity index (χ3v) is 3.67. The number of carboxylic acids is 1. The molecule has 1 saturated carbocycles. The molecule has 1 aliphatic rings. The zero-order valence-electron chi connectivity index (χ0n) is 11.2. The normalized spacial score (nSPS) is 25.2. The van der Waals surface area contributed by atoms with E-state index in [1.54, 1.807) is 0 Å². The first-order chi connectivity index (χ1) is 8.49. The van der Waals surface area contributed by atoms with Crippen LogP contribution in [0.2, 0.25) is 0 Å². The molecule has 0 bridgehead atoms. The highest BCUT2D eigenvalue weighted by atomic mass is 16.4. The van der Waals surface area contributed by atoms with E-state index >= 15 is 0 Å². The van der Waals surface area contributed by atoms with Crippen molar-refractivity contribution < 1.29 is 14.7 Å². The number of rotatable bonds is 5. The average molecular weight is 256 g/mol. The van der Waals surface area contributed by atoms with Crippen LogP contribution in [0, 0.1) is 11.8 Å². The monoisotopic (exact) mass is 256 g/mol. The molecule has 0 aromatic rings. The fourth-order valence-electron chi connectivity index (χ4n) is 2.59. The van der Waals surface area contributed by atoms with Gasteiger partial charge in [0.1, 0.15) is 0 Å². The second-order valence-electron chi connectivity index (χ2n) is 5.36. The van der Waals surface area contributed by atoms with Crippen molar-refractivity contribution in [2.45, 2.75) is 52.0 Å². The van der Waals surface area contributed by atoms with Gasteiger partial charge < -0.3 is 15.7 Å². The quantitative estimate of drug-likeness (QED) is 0.703. The molecule has 1 aliphatic carbocycles. The van der Waals surface area contributed by atoms with Gasteiger partial charge in [-0.25, -0.2) is 4.79 Å². The molecule has 18 heavy (non-hydrogen) atoms. The Kier molecular flexibility index (Phi) is 5.95. The first kappa shape index (κ1) is 14.8. The van der Waals surface area contributed by atoms with Crippen molar-refractivity contribution in [2.75, 3.05) is 6.54 Å². The first-order valence-corrected chi connectivity index (χ1v) is 6.75. The third kappa shape index (κ3) is 5.38. The van der Waals surface area contributed by atoms with Crippen LogP contribution in [0.5, 0.6) is 0 Å². The van der Waals surface area contributed by atoms with Crippen LogP contribution in [-0.4, -0.2) is 29.7 Å². The third-order valence-electron chi connectivity index (χ3n) is 3.67. The van der Waals surface area contributed by atoms with Gasteiger partial charge in [-0.1, -0.05) is 19.8 Å². The number of hydrogen-bond donors (Lipinski definition) is 3. The molecule has 0 aliphatic heterocycles. The second-order valence-corrected chi connectivity index (χ2v) is 5.36. The highest BCUT2D eigenvalue weighted by Gasteiger charge is 2.24. The Morgan fingerprint density at radius 2 is 2.11 bits per heavy atom. The molecule has 1 fully saturated rings. The van der Waals surface area contributed by atoms with Crippen molar-refractivity contribution in [3.63, 3.8) is 0 Å². The maximum absolute atomic E-state index is 11.5. The van der Waals surface area contributed by atoms with E-state index < -0.39 is 5.97 Å². The topological polar surface area (TPSA) is 78.4 Å². The van der Waals surface area contributed by atoms with E-state index in [0.717, 1.165) is 12.3 Å². The van der Waals surface area contributed by atoms with E-state index in [-0.39, 0.29) is 25.0 Å². The van der Waals surface area contributed by atoms with E-state index in [4.69, 9.17) is 5.11 Å². The average Bonchev–Trinajstić information content (AvgIpc) is 2.28. The van der Waals surface area contributed by atoms with Crippen molar-refractivity contribution in [1.29, 1.82) is 0 Å². The lowest BCUT2D eigenvalue weighted by Gasteiger charge is -2.31. The van der Waals surface area contributed by atoms with Crippen molar-refractivity contribution in [2.24, 2.45) is 11.8 Å². The van der Waals surface area contributed by atoms with Crippen molar-refractivity contribution in [1.82, 2.24) is 10.6 Å². The highest BCUT2D eigenvalue weighted by Crippen LogP contribution is 2.30. The van der Waals surface area contributed by atoms with Gasteiger partial charge in [-0.05, 0) is 31.6 Å². The number of amides is 2. The molecule has 104 valence electrons. The van der Waals surface area contributed by atoms with Gasteiger partial charge in [-0.3, -0.25) is 4.79 Å². The molecule has 5 heteroatoms. The summed E-state index contributed by atoms with van der Waals surface area (Å²) in [6.45, 7) is 4.46. The lowest BCUT2D eigenvalue weighted by Crippen LogP contribution is -2.45. The molecule has 5 nitrogen and oxygen atoms in total. The molecule has 2 amide bonds. The SMILES string of the molecule is CC1CCCC([C@H](C)NC(=O)NCCC(=O)O)C1. The minimum Gasteiger partial charge on any atom is -0.481 e. The van der Waals surface area contributed by atoms with Gasteiger partial charge in [-0.15, -0.1) is 0 Å². The fourth-order valence-corrected chi connectivity index (χ4v) is 2.59. The van der Waals surface area contributed by atoms with Crippen LogP contribution in [0.25, 0.3) is 0 Å². The number of carboxylic acid groups (broad SMARTS) is 1. The molecule has 0 heterocycles. The summed E-state index contributed by atoms with van der Waals surface area (Å²) in [7, 11) is 0. The molecule has 1 rings (SSSR count). The van der Waals surface area contributed by atoms with Crippen LogP contribution >= 0.6 is 0 Å². The summed E-state index contributed by atoms with van der Waals surface area (Å²) in [5.74, 6) is 0.381. The molecule has 0 aromatic heterocycles. The predicted octanol–water partition coefficient (Wildman–Crippen LogP) is 1.98. The van der Waals surface area contributed by atoms with Crippen LogP contribution in [0.4, 0.5) is 4.79 Å². The summed E-state index contributed by atoms with van der Waals surface area (Å²) < 4.78 is 0. The molecule has 0 aromatic carbocycles. The number of hydrogen-bond acceptors (Lipinski definition) is 2. The first-order valence-electron chi connectivity index (χ1n) is 6.75. The molecule has 0 saturated heterocycles. The standard InChI is InChI=1S/C13H24N2O3/c1-9-4-3-5-11(8-9)10(2)15-13(18)14-7-6-12(16)17/h9-11H,3-8H2,1-2H3,(H,16,17)(H2,14,15,18)/t9?,10-,11?/m0/s1. The maximum Gasteiger partial charge on any atom is 0.315 e. The molecular formula is C13H24N2O3. The summed E-state index contributed by atoms with van der Waals surface area (Å²) in [6.07, 6.45) is 4.81. The Morgan fingerprint density at radius 1 is 1.39 bits per heavy atom. The summed E-state index contributed by atoms with van der Waals surface area (Å²) in [4.78, 5) is 21.9. The lowest BCUT2D eigenvalue weighted by atomic mass is 9.79. The van der Waals surface area contributed by atoms with Crippen molar-refractivity contribution in [3.05, 3.63) is 0 Å². The minimum absolute atomic E-state index is 0.0394. The van der Waals surface area contributed by atoms with Crippen LogP contribution in [0.3, 0.4) is 0 Å². The van der Waals surface area contributed by atoms with Gasteiger partial charge in [0.05, 0.1) is 6.42 Å². The number of carbonyl (C=O) groups is 2. The molecular weight excluding hydrogens is 232 g/mol. The Bertz CT molecular complexity index is 294. The number of aliphatic carboxylic acids is 1. The summed E-state index contributed by atoms with van der Waals surface area (Å²) in [6, 6.07) is -0.112. The van der Waals surface area contributed by atoms with E-state index in [9.17, 15) is 9.59 Å². The van der Waals surface area contributed by atoms with E-state index in [0.29, 0.717) is 5.92 Å². The molecule has 3 atom stereocenters. The molecule has 0 radical (unpaired) electrons. The second kappa shape index (κ2) is 7.24. The fraction of sp³-hybridized carbons (Fsp3) is 0.846. The zero-order valence-corrected chi connectivity index (χ0v) is 11.2. The van der Waals surface area contributed by atoms with Crippen LogP contribution in [-0.2, 0) is 4.79 Å². The lowest BCUT2D eigenvalue weighted by molar-refractivity contribution is -0.136. The Balaban J connectivity index is 2.23. The summed E-state index contributed by atoms with van der Waals surface area (Å²) in [5.41, 5.74) is 0. The highest BCUT2D eigenvalue weighted by molar-refractivity contribution is 5.75. The van der Waals surface area contributed by atoms with Gasteiger partial charge in [0.25, 0.3) is 0 Å². The number of carbonyl (C=O) groups excluding carboxylic acids is 1. The number of urea groups is 1. The molecule has 2 unspecified atom stereocenters. The van der Waals surface area contributed by atoms with Gasteiger partial charge in [-0.2, -0.15) is 0 Å². The van der Waals surface area contributed by atoms with Gasteiger partial charge in [0.15, 0.2) is 0 Å². The van der Waals surface area contributed by atoms with Crippen LogP contribution in [0.15, 0.2) is 0 Å². The summed E-state index contributed by atoms with van der Waals surface area (Å²) in [5, 5.41) is 13.9. The van der Waals surface area contributed by atoms with E-state index in [1.807, 2.05) is 6.92 Å². The minimum atomic E-state index is -0.899. The van der Waals surface area contributed by atoms with Crippen LogP contribution in [0.1, 0.15) is 46.0 Å². The largest absolute Gasteiger partial charge is 0.481 e. The molecule has 3 N–H and O–H groups in total.